The summed E-state index contributed by atoms with van der Waals surface area (Å²) >= 11 is 3.70. The second-order valence-corrected chi connectivity index (χ2v) is 9.06. The third-order valence-electron chi connectivity index (χ3n) is 4.93. The molecule has 0 aliphatic heterocycles. The molecule has 26 heavy (non-hydrogen) atoms. The zero-order chi connectivity index (χ0) is 18.8. The summed E-state index contributed by atoms with van der Waals surface area (Å²) in [5.74, 6) is 1.30. The quantitative estimate of drug-likeness (QED) is 0.352. The molecule has 0 N–H and O–H groups in total. The first-order valence-corrected chi connectivity index (χ1v) is 11.7. The highest BCUT2D eigenvalue weighted by molar-refractivity contribution is 7.20. The van der Waals surface area contributed by atoms with E-state index in [1.165, 1.54) is 33.7 Å². The molecule has 2 aromatic heterocycles. The first-order valence-electron chi connectivity index (χ1n) is 9.94. The summed E-state index contributed by atoms with van der Waals surface area (Å²) in [6.07, 6.45) is 4.36. The molecule has 0 saturated heterocycles. The van der Waals surface area contributed by atoms with E-state index < -0.39 is 0 Å². The molecule has 0 aliphatic rings. The van der Waals surface area contributed by atoms with E-state index in [0.717, 1.165) is 39.3 Å². The Bertz CT molecular complexity index is 563. The highest BCUT2D eigenvalue weighted by atomic mass is 32.1. The van der Waals surface area contributed by atoms with Crippen LogP contribution in [0.15, 0.2) is 22.9 Å². The van der Waals surface area contributed by atoms with Crippen molar-refractivity contribution < 1.29 is 9.47 Å². The van der Waals surface area contributed by atoms with Crippen LogP contribution in [0.3, 0.4) is 0 Å². The summed E-state index contributed by atoms with van der Waals surface area (Å²) < 4.78 is 11.7. The van der Waals surface area contributed by atoms with Crippen molar-refractivity contribution in [1.29, 1.82) is 0 Å². The third-order valence-corrected chi connectivity index (χ3v) is 7.01. The van der Waals surface area contributed by atoms with Gasteiger partial charge in [0.1, 0.15) is 0 Å². The fourth-order valence-electron chi connectivity index (χ4n) is 2.63. The number of ether oxygens (including phenoxy) is 2. The molecule has 2 aromatic rings. The minimum absolute atomic E-state index is 0.649. The van der Waals surface area contributed by atoms with E-state index in [0.29, 0.717) is 11.8 Å². The van der Waals surface area contributed by atoms with Gasteiger partial charge >= 0.3 is 0 Å². The maximum absolute atomic E-state index is 5.86. The summed E-state index contributed by atoms with van der Waals surface area (Å²) in [5.41, 5.74) is 2.84. The molecule has 0 unspecified atom stereocenters. The van der Waals surface area contributed by atoms with Crippen LogP contribution in [0, 0.1) is 11.8 Å². The van der Waals surface area contributed by atoms with Gasteiger partial charge in [-0.3, -0.25) is 0 Å². The Morgan fingerprint density at radius 2 is 1.19 bits per heavy atom. The van der Waals surface area contributed by atoms with Gasteiger partial charge in [-0.2, -0.15) is 0 Å². The predicted molar refractivity (Wildman–Crippen MR) is 116 cm³/mol. The molecule has 0 radical (unpaired) electrons. The van der Waals surface area contributed by atoms with Crippen LogP contribution >= 0.6 is 22.7 Å². The monoisotopic (exact) mass is 394 g/mol. The molecule has 2 heterocycles. The molecule has 0 amide bonds. The lowest BCUT2D eigenvalue weighted by Gasteiger charge is -2.11. The lowest BCUT2D eigenvalue weighted by Crippen LogP contribution is -2.07. The molecule has 0 aliphatic carbocycles. The van der Waals surface area contributed by atoms with Gasteiger partial charge in [0, 0.05) is 23.0 Å². The Labute approximate surface area is 167 Å². The van der Waals surface area contributed by atoms with Gasteiger partial charge in [0.05, 0.1) is 13.2 Å². The molecule has 4 heteroatoms. The fourth-order valence-corrected chi connectivity index (χ4v) is 4.78. The molecule has 0 aromatic carbocycles. The average molecular weight is 395 g/mol. The van der Waals surface area contributed by atoms with Gasteiger partial charge in [-0.1, -0.05) is 40.5 Å². The summed E-state index contributed by atoms with van der Waals surface area (Å²) in [5, 5.41) is 4.42. The molecule has 0 spiro atoms. The maximum atomic E-state index is 5.86. The van der Waals surface area contributed by atoms with Crippen molar-refractivity contribution >= 4 is 22.7 Å². The van der Waals surface area contributed by atoms with Gasteiger partial charge < -0.3 is 9.47 Å². The standard InChI is InChI=1S/C22H34O2S2/c1-5-17(3)15-23-11-7-19-9-13-25-21(19)22-20(10-14-26-22)8-12-24-16-18(4)6-2/h9-10,13-14,17-18H,5-8,11-12,15-16H2,1-4H3/t17-,18-/m0/s1. The van der Waals surface area contributed by atoms with E-state index >= 15 is 0 Å². The van der Waals surface area contributed by atoms with E-state index in [-0.39, 0.29) is 0 Å². The summed E-state index contributed by atoms with van der Waals surface area (Å²) in [7, 11) is 0. The van der Waals surface area contributed by atoms with Crippen LogP contribution in [-0.2, 0) is 22.3 Å². The minimum Gasteiger partial charge on any atom is -0.381 e. The number of thiophene rings is 2. The Morgan fingerprint density at radius 1 is 0.769 bits per heavy atom. The fraction of sp³-hybridized carbons (Fsp3) is 0.636. The lowest BCUT2D eigenvalue weighted by atomic mass is 10.1. The second-order valence-electron chi connectivity index (χ2n) is 7.23. The largest absolute Gasteiger partial charge is 0.381 e. The SMILES string of the molecule is CC[C@H](C)COCCc1ccsc1-c1sccc1CCOC[C@@H](C)CC. The molecular weight excluding hydrogens is 360 g/mol. The van der Waals surface area contributed by atoms with E-state index in [1.807, 2.05) is 22.7 Å². The van der Waals surface area contributed by atoms with Gasteiger partial charge in [-0.05, 0) is 58.7 Å². The van der Waals surface area contributed by atoms with Gasteiger partial charge in [0.15, 0.2) is 0 Å². The van der Waals surface area contributed by atoms with Crippen LogP contribution in [0.4, 0.5) is 0 Å². The van der Waals surface area contributed by atoms with Gasteiger partial charge in [-0.15, -0.1) is 22.7 Å². The Morgan fingerprint density at radius 3 is 1.58 bits per heavy atom. The molecule has 2 rings (SSSR count). The molecule has 0 bridgehead atoms. The number of hydrogen-bond acceptors (Lipinski definition) is 4. The van der Waals surface area contributed by atoms with Crippen molar-refractivity contribution in [3.05, 3.63) is 34.0 Å². The molecule has 0 saturated carbocycles. The van der Waals surface area contributed by atoms with Crippen LogP contribution in [0.1, 0.15) is 51.7 Å². The van der Waals surface area contributed by atoms with Crippen LogP contribution < -0.4 is 0 Å². The van der Waals surface area contributed by atoms with Crippen LogP contribution in [-0.4, -0.2) is 26.4 Å². The molecule has 0 fully saturated rings. The van der Waals surface area contributed by atoms with Crippen LogP contribution in [0.5, 0.6) is 0 Å². The average Bonchev–Trinajstić information content (AvgIpc) is 3.30. The second kappa shape index (κ2) is 11.9. The smallest absolute Gasteiger partial charge is 0.0507 e. The zero-order valence-corrected chi connectivity index (χ0v) is 18.4. The molecule has 2 atom stereocenters. The van der Waals surface area contributed by atoms with Gasteiger partial charge in [0.25, 0.3) is 0 Å². The first kappa shape index (κ1) is 21.6. The van der Waals surface area contributed by atoms with Crippen molar-refractivity contribution in [3.8, 4) is 9.75 Å². The highest BCUT2D eigenvalue weighted by Gasteiger charge is 2.13. The van der Waals surface area contributed by atoms with Crippen molar-refractivity contribution in [3.63, 3.8) is 0 Å². The van der Waals surface area contributed by atoms with E-state index in [1.54, 1.807) is 0 Å². The van der Waals surface area contributed by atoms with Crippen LogP contribution in [0.25, 0.3) is 9.75 Å². The minimum atomic E-state index is 0.649. The van der Waals surface area contributed by atoms with Crippen molar-refractivity contribution in [1.82, 2.24) is 0 Å². The first-order chi connectivity index (χ1) is 12.7. The van der Waals surface area contributed by atoms with E-state index in [4.69, 9.17) is 9.47 Å². The third kappa shape index (κ3) is 6.80. The number of rotatable bonds is 13. The van der Waals surface area contributed by atoms with Gasteiger partial charge in [0.2, 0.25) is 0 Å². The normalized spacial score (nSPS) is 13.8. The van der Waals surface area contributed by atoms with Crippen molar-refractivity contribution in [2.24, 2.45) is 11.8 Å². The molecular formula is C22H34O2S2. The Balaban J connectivity index is 1.87. The lowest BCUT2D eigenvalue weighted by molar-refractivity contribution is 0.106. The maximum Gasteiger partial charge on any atom is 0.0507 e. The van der Waals surface area contributed by atoms with Crippen LogP contribution in [0.2, 0.25) is 0 Å². The summed E-state index contributed by atoms with van der Waals surface area (Å²) in [6, 6.07) is 4.52. The van der Waals surface area contributed by atoms with Crippen molar-refractivity contribution in [2.75, 3.05) is 26.4 Å². The van der Waals surface area contributed by atoms with E-state index in [9.17, 15) is 0 Å². The summed E-state index contributed by atoms with van der Waals surface area (Å²) in [4.78, 5) is 2.84. The topological polar surface area (TPSA) is 18.5 Å². The van der Waals surface area contributed by atoms with Gasteiger partial charge in [-0.25, -0.2) is 0 Å². The van der Waals surface area contributed by atoms with Crippen molar-refractivity contribution in [2.45, 2.75) is 53.4 Å². The molecule has 2 nitrogen and oxygen atoms in total. The molecule has 146 valence electrons. The Hall–Kier alpha value is -0.680. The number of hydrogen-bond donors (Lipinski definition) is 0. The highest BCUT2D eigenvalue weighted by Crippen LogP contribution is 2.36. The summed E-state index contributed by atoms with van der Waals surface area (Å²) in [6.45, 7) is 12.3. The zero-order valence-electron chi connectivity index (χ0n) is 16.8. The predicted octanol–water partition coefficient (Wildman–Crippen LogP) is 6.69. The van der Waals surface area contributed by atoms with E-state index in [2.05, 4.69) is 50.6 Å². The Kier molecular flexibility index (Phi) is 9.91.